The van der Waals surface area contributed by atoms with E-state index in [1.165, 1.54) is 10.8 Å². The van der Waals surface area contributed by atoms with Crippen LogP contribution in [0.2, 0.25) is 0 Å². The number of carbonyl (C=O) groups is 1. The van der Waals surface area contributed by atoms with E-state index in [1.807, 2.05) is 6.92 Å². The van der Waals surface area contributed by atoms with E-state index in [2.05, 4.69) is 10.3 Å². The molecule has 1 amide bonds. The maximum Gasteiger partial charge on any atom is 0.351 e. The second-order valence-corrected chi connectivity index (χ2v) is 5.49. The molecule has 1 fully saturated rings. The van der Waals surface area contributed by atoms with Crippen LogP contribution in [0.5, 0.6) is 0 Å². The van der Waals surface area contributed by atoms with Gasteiger partial charge in [-0.05, 0) is 12.5 Å². The van der Waals surface area contributed by atoms with Gasteiger partial charge >= 0.3 is 5.69 Å². The number of ether oxygens (including phenoxy) is 1. The summed E-state index contributed by atoms with van der Waals surface area (Å²) in [4.78, 5) is 27.4. The van der Waals surface area contributed by atoms with Gasteiger partial charge in [0.25, 0.3) is 0 Å². The minimum atomic E-state index is -0.577. The molecular formula is C14H21N3O4. The number of anilines is 1. The summed E-state index contributed by atoms with van der Waals surface area (Å²) < 4.78 is 6.97. The molecule has 0 aliphatic carbocycles. The maximum atomic E-state index is 12.0. The topological polar surface area (TPSA) is 93.5 Å². The third kappa shape index (κ3) is 3.48. The van der Waals surface area contributed by atoms with E-state index >= 15 is 0 Å². The predicted octanol–water partition coefficient (Wildman–Crippen LogP) is 0.896. The number of hydrogen-bond donors (Lipinski definition) is 2. The maximum absolute atomic E-state index is 12.0. The standard InChI is InChI=1S/C14H21N3O4/c1-4-10-9(18)7-12(21-10)17-6-5-11(16-14(17)20)15-13(19)8(2)3/h5-6,8-10,12,18H,4,7H2,1-3H3,(H,15,16,19,20)/t9-,10-,12-/m1/s1. The summed E-state index contributed by atoms with van der Waals surface area (Å²) >= 11 is 0. The molecule has 2 rings (SSSR count). The van der Waals surface area contributed by atoms with Crippen LogP contribution < -0.4 is 11.0 Å². The van der Waals surface area contributed by atoms with Crippen molar-refractivity contribution in [3.63, 3.8) is 0 Å². The fourth-order valence-corrected chi connectivity index (χ4v) is 2.23. The fraction of sp³-hybridized carbons (Fsp3) is 0.643. The Morgan fingerprint density at radius 1 is 1.62 bits per heavy atom. The monoisotopic (exact) mass is 295 g/mol. The smallest absolute Gasteiger partial charge is 0.351 e. The SMILES string of the molecule is CC[C@H]1O[C@@H](n2ccc(NC(=O)C(C)C)nc2=O)C[C@H]1O. The first-order valence-electron chi connectivity index (χ1n) is 7.16. The number of aromatic nitrogens is 2. The largest absolute Gasteiger partial charge is 0.390 e. The highest BCUT2D eigenvalue weighted by molar-refractivity contribution is 5.90. The highest BCUT2D eigenvalue weighted by Crippen LogP contribution is 2.29. The quantitative estimate of drug-likeness (QED) is 0.860. The Kier molecular flexibility index (Phi) is 4.74. The average Bonchev–Trinajstić information content (AvgIpc) is 2.79. The first kappa shape index (κ1) is 15.7. The normalized spacial score (nSPS) is 25.3. The van der Waals surface area contributed by atoms with Crippen molar-refractivity contribution >= 4 is 11.7 Å². The zero-order valence-corrected chi connectivity index (χ0v) is 12.4. The van der Waals surface area contributed by atoms with Gasteiger partial charge in [0.05, 0.1) is 12.2 Å². The van der Waals surface area contributed by atoms with Crippen LogP contribution in [0.15, 0.2) is 17.1 Å². The molecule has 116 valence electrons. The van der Waals surface area contributed by atoms with Crippen molar-refractivity contribution in [2.24, 2.45) is 5.92 Å². The number of nitrogens with one attached hydrogen (secondary N) is 1. The van der Waals surface area contributed by atoms with E-state index in [0.29, 0.717) is 12.8 Å². The van der Waals surface area contributed by atoms with Crippen LogP contribution in [0.1, 0.15) is 39.8 Å². The molecule has 0 radical (unpaired) electrons. The van der Waals surface area contributed by atoms with Gasteiger partial charge in [-0.25, -0.2) is 4.79 Å². The number of aliphatic hydroxyl groups excluding tert-OH is 1. The summed E-state index contributed by atoms with van der Waals surface area (Å²) in [5, 5.41) is 12.4. The van der Waals surface area contributed by atoms with Crippen LogP contribution in [0.25, 0.3) is 0 Å². The Bertz CT molecular complexity index is 570. The van der Waals surface area contributed by atoms with Crippen molar-refractivity contribution < 1.29 is 14.6 Å². The summed E-state index contributed by atoms with van der Waals surface area (Å²) in [7, 11) is 0. The van der Waals surface area contributed by atoms with Gasteiger partial charge in [0.15, 0.2) is 0 Å². The number of amides is 1. The summed E-state index contributed by atoms with van der Waals surface area (Å²) in [6.45, 7) is 5.44. The van der Waals surface area contributed by atoms with Gasteiger partial charge in [-0.3, -0.25) is 9.36 Å². The molecule has 0 spiro atoms. The number of rotatable bonds is 4. The lowest BCUT2D eigenvalue weighted by Gasteiger charge is -2.15. The predicted molar refractivity (Wildman–Crippen MR) is 76.8 cm³/mol. The van der Waals surface area contributed by atoms with E-state index in [4.69, 9.17) is 4.74 Å². The molecule has 2 heterocycles. The molecule has 1 saturated heterocycles. The van der Waals surface area contributed by atoms with Gasteiger partial charge in [-0.15, -0.1) is 0 Å². The molecule has 0 unspecified atom stereocenters. The van der Waals surface area contributed by atoms with Gasteiger partial charge in [-0.1, -0.05) is 20.8 Å². The minimum Gasteiger partial charge on any atom is -0.390 e. The van der Waals surface area contributed by atoms with E-state index in [1.54, 1.807) is 19.9 Å². The van der Waals surface area contributed by atoms with Gasteiger partial charge in [0.2, 0.25) is 5.91 Å². The molecule has 1 aromatic rings. The summed E-state index contributed by atoms with van der Waals surface area (Å²) in [6.07, 6.45) is 1.22. The van der Waals surface area contributed by atoms with Crippen molar-refractivity contribution in [1.29, 1.82) is 0 Å². The second-order valence-electron chi connectivity index (χ2n) is 5.49. The van der Waals surface area contributed by atoms with Gasteiger partial charge in [0.1, 0.15) is 12.0 Å². The van der Waals surface area contributed by atoms with Crippen LogP contribution >= 0.6 is 0 Å². The van der Waals surface area contributed by atoms with Crippen molar-refractivity contribution in [1.82, 2.24) is 9.55 Å². The highest BCUT2D eigenvalue weighted by Gasteiger charge is 2.34. The molecule has 1 aliphatic heterocycles. The van der Waals surface area contributed by atoms with Crippen molar-refractivity contribution in [2.45, 2.75) is 52.0 Å². The minimum absolute atomic E-state index is 0.187. The molecule has 0 aromatic carbocycles. The van der Waals surface area contributed by atoms with Crippen LogP contribution in [-0.4, -0.2) is 32.8 Å². The van der Waals surface area contributed by atoms with Gasteiger partial charge < -0.3 is 15.2 Å². The second kappa shape index (κ2) is 6.36. The van der Waals surface area contributed by atoms with Crippen LogP contribution in [-0.2, 0) is 9.53 Å². The molecule has 2 N–H and O–H groups in total. The first-order chi connectivity index (χ1) is 9.92. The molecule has 0 saturated carbocycles. The molecule has 7 heteroatoms. The summed E-state index contributed by atoms with van der Waals surface area (Å²) in [5.41, 5.74) is -0.509. The van der Waals surface area contributed by atoms with Crippen molar-refractivity contribution in [2.75, 3.05) is 5.32 Å². The number of carbonyl (C=O) groups excluding carboxylic acids is 1. The van der Waals surface area contributed by atoms with Gasteiger partial charge in [0, 0.05) is 18.5 Å². The number of nitrogens with zero attached hydrogens (tertiary/aromatic N) is 2. The summed E-state index contributed by atoms with van der Waals surface area (Å²) in [6, 6.07) is 1.55. The Labute approximate surface area is 123 Å². The van der Waals surface area contributed by atoms with Crippen LogP contribution in [0.3, 0.4) is 0 Å². The zero-order valence-electron chi connectivity index (χ0n) is 12.4. The Hall–Kier alpha value is -1.73. The molecule has 1 aliphatic rings. The molecule has 7 nitrogen and oxygen atoms in total. The lowest BCUT2D eigenvalue weighted by atomic mass is 10.1. The highest BCUT2D eigenvalue weighted by atomic mass is 16.5. The summed E-state index contributed by atoms with van der Waals surface area (Å²) in [5.74, 6) is -0.161. The van der Waals surface area contributed by atoms with Crippen LogP contribution in [0, 0.1) is 5.92 Å². The van der Waals surface area contributed by atoms with Crippen molar-refractivity contribution in [3.05, 3.63) is 22.7 Å². The molecular weight excluding hydrogens is 274 g/mol. The van der Waals surface area contributed by atoms with E-state index in [-0.39, 0.29) is 23.7 Å². The third-order valence-corrected chi connectivity index (χ3v) is 3.52. The molecule has 1 aromatic heterocycles. The number of aliphatic hydroxyl groups is 1. The fourth-order valence-electron chi connectivity index (χ4n) is 2.23. The van der Waals surface area contributed by atoms with Crippen LogP contribution in [0.4, 0.5) is 5.82 Å². The van der Waals surface area contributed by atoms with Gasteiger partial charge in [-0.2, -0.15) is 4.98 Å². The molecule has 3 atom stereocenters. The lowest BCUT2D eigenvalue weighted by molar-refractivity contribution is -0.118. The molecule has 0 bridgehead atoms. The van der Waals surface area contributed by atoms with E-state index in [9.17, 15) is 14.7 Å². The van der Waals surface area contributed by atoms with E-state index < -0.39 is 18.0 Å². The number of hydrogen-bond acceptors (Lipinski definition) is 5. The van der Waals surface area contributed by atoms with Crippen molar-refractivity contribution in [3.8, 4) is 0 Å². The Morgan fingerprint density at radius 3 is 2.86 bits per heavy atom. The Balaban J connectivity index is 2.13. The van der Waals surface area contributed by atoms with E-state index in [0.717, 1.165) is 0 Å². The average molecular weight is 295 g/mol. The third-order valence-electron chi connectivity index (χ3n) is 3.52. The lowest BCUT2D eigenvalue weighted by Crippen LogP contribution is -2.29. The zero-order chi connectivity index (χ0) is 15.6. The first-order valence-corrected chi connectivity index (χ1v) is 7.16. The molecule has 21 heavy (non-hydrogen) atoms. The Morgan fingerprint density at radius 2 is 2.33 bits per heavy atom.